The van der Waals surface area contributed by atoms with E-state index >= 15 is 0 Å². The van der Waals surface area contributed by atoms with Crippen LogP contribution in [0.2, 0.25) is 10.0 Å². The first-order chi connectivity index (χ1) is 13.4. The third-order valence-corrected chi connectivity index (χ3v) is 4.81. The molecule has 0 atom stereocenters. The number of carbonyl (C=O) groups excluding carboxylic acids is 2. The van der Waals surface area contributed by atoms with E-state index in [4.69, 9.17) is 33.4 Å². The van der Waals surface area contributed by atoms with Crippen LogP contribution < -0.4 is 4.90 Å². The molecule has 0 fully saturated rings. The van der Waals surface area contributed by atoms with Crippen molar-refractivity contribution in [3.63, 3.8) is 0 Å². The van der Waals surface area contributed by atoms with Gasteiger partial charge in [0.15, 0.2) is 5.78 Å². The molecule has 158 valence electrons. The summed E-state index contributed by atoms with van der Waals surface area (Å²) < 4.78 is 0. The highest BCUT2D eigenvalue weighted by Crippen LogP contribution is 2.28. The maximum Gasteiger partial charge on any atom is 0.240 e. The van der Waals surface area contributed by atoms with Gasteiger partial charge in [0.2, 0.25) is 5.91 Å². The largest absolute Gasteiger partial charge is 0.395 e. The van der Waals surface area contributed by atoms with Crippen molar-refractivity contribution in [2.24, 2.45) is 0 Å². The summed E-state index contributed by atoms with van der Waals surface area (Å²) in [6, 6.07) is 11.4. The summed E-state index contributed by atoms with van der Waals surface area (Å²) in [5.41, 5.74) is 0.968. The lowest BCUT2D eigenvalue weighted by atomic mass is 10.0. The van der Waals surface area contributed by atoms with Gasteiger partial charge in [-0.05, 0) is 30.3 Å². The third-order valence-electron chi connectivity index (χ3n) is 4.25. The van der Waals surface area contributed by atoms with Crippen LogP contribution in [0.5, 0.6) is 0 Å². The van der Waals surface area contributed by atoms with Crippen LogP contribution in [0.25, 0.3) is 0 Å². The number of likely N-dealkylation sites (N-methyl/N-ethyl adjacent to an activating group) is 1. The number of rotatable bonds is 9. The van der Waals surface area contributed by atoms with Gasteiger partial charge in [-0.3, -0.25) is 14.5 Å². The van der Waals surface area contributed by atoms with E-state index in [1.165, 1.54) is 11.0 Å². The summed E-state index contributed by atoms with van der Waals surface area (Å²) in [4.78, 5) is 28.7. The molecule has 2 rings (SSSR count). The number of benzene rings is 2. The second-order valence-corrected chi connectivity index (χ2v) is 6.99. The Morgan fingerprint density at radius 1 is 0.966 bits per heavy atom. The Morgan fingerprint density at radius 3 is 2.17 bits per heavy atom. The molecule has 0 aliphatic rings. The second-order valence-electron chi connectivity index (χ2n) is 6.15. The van der Waals surface area contributed by atoms with E-state index < -0.39 is 0 Å². The molecule has 0 aliphatic heterocycles. The van der Waals surface area contributed by atoms with Gasteiger partial charge in [0.05, 0.1) is 30.5 Å². The van der Waals surface area contributed by atoms with E-state index in [0.29, 0.717) is 21.3 Å². The molecule has 0 spiro atoms. The van der Waals surface area contributed by atoms with Crippen LogP contribution in [-0.4, -0.2) is 66.7 Å². The lowest BCUT2D eigenvalue weighted by molar-refractivity contribution is -0.119. The van der Waals surface area contributed by atoms with Crippen molar-refractivity contribution in [1.29, 1.82) is 0 Å². The van der Waals surface area contributed by atoms with Crippen LogP contribution in [0.3, 0.4) is 0 Å². The van der Waals surface area contributed by atoms with Gasteiger partial charge in [-0.2, -0.15) is 0 Å². The summed E-state index contributed by atoms with van der Waals surface area (Å²) in [7, 11) is 1.56. The Kier molecular flexibility index (Phi) is 10.6. The van der Waals surface area contributed by atoms with E-state index in [-0.39, 0.29) is 62.5 Å². The summed E-state index contributed by atoms with van der Waals surface area (Å²) in [6.07, 6.45) is 0. The molecular weight excluding hydrogens is 439 g/mol. The SMILES string of the molecule is CN(C(=O)CN(CCO)CCO)c1ccc(Cl)cc1C(=O)c1ccccc1Cl.Cl. The molecule has 1 amide bonds. The molecule has 0 bridgehead atoms. The van der Waals surface area contributed by atoms with Crippen LogP contribution >= 0.6 is 35.6 Å². The van der Waals surface area contributed by atoms with E-state index in [2.05, 4.69) is 0 Å². The molecule has 2 aromatic carbocycles. The van der Waals surface area contributed by atoms with Gasteiger partial charge in [0, 0.05) is 36.3 Å². The molecule has 0 unspecified atom stereocenters. The van der Waals surface area contributed by atoms with Crippen molar-refractivity contribution in [3.05, 3.63) is 63.6 Å². The Morgan fingerprint density at radius 2 is 1.59 bits per heavy atom. The number of amides is 1. The Bertz CT molecular complexity index is 842. The van der Waals surface area contributed by atoms with Gasteiger partial charge in [-0.25, -0.2) is 0 Å². The number of anilines is 1. The zero-order valence-electron chi connectivity index (χ0n) is 15.8. The van der Waals surface area contributed by atoms with Crippen molar-refractivity contribution >= 4 is 53.0 Å². The Labute approximate surface area is 186 Å². The minimum absolute atomic E-state index is 0. The molecule has 0 saturated carbocycles. The van der Waals surface area contributed by atoms with Gasteiger partial charge in [-0.15, -0.1) is 12.4 Å². The summed E-state index contributed by atoms with van der Waals surface area (Å²) in [5, 5.41) is 18.9. The van der Waals surface area contributed by atoms with Gasteiger partial charge >= 0.3 is 0 Å². The predicted molar refractivity (Wildman–Crippen MR) is 118 cm³/mol. The number of nitrogens with zero attached hydrogens (tertiary/aromatic N) is 2. The van der Waals surface area contributed by atoms with Gasteiger partial charge in [0.1, 0.15) is 0 Å². The monoisotopic (exact) mass is 460 g/mol. The van der Waals surface area contributed by atoms with E-state index in [9.17, 15) is 9.59 Å². The van der Waals surface area contributed by atoms with Gasteiger partial charge < -0.3 is 15.1 Å². The lowest BCUT2D eigenvalue weighted by Gasteiger charge is -2.25. The standard InChI is InChI=1S/C20H22Cl2N2O4.ClH/c1-23(19(27)13-24(8-10-25)9-11-26)18-7-6-14(21)12-16(18)20(28)15-4-2-3-5-17(15)22;/h2-7,12,25-26H,8-11,13H2,1H3;1H. The Balaban J connectivity index is 0.00000420. The third kappa shape index (κ3) is 6.67. The smallest absolute Gasteiger partial charge is 0.240 e. The second kappa shape index (κ2) is 12.1. The number of carbonyl (C=O) groups is 2. The Hall–Kier alpha value is -1.67. The molecule has 29 heavy (non-hydrogen) atoms. The fourth-order valence-electron chi connectivity index (χ4n) is 2.76. The minimum Gasteiger partial charge on any atom is -0.395 e. The van der Waals surface area contributed by atoms with Crippen molar-refractivity contribution in [1.82, 2.24) is 4.90 Å². The fraction of sp³-hybridized carbons (Fsp3) is 0.300. The number of hydrogen-bond donors (Lipinski definition) is 2. The highest BCUT2D eigenvalue weighted by molar-refractivity contribution is 6.36. The molecule has 0 aliphatic carbocycles. The van der Waals surface area contributed by atoms with Gasteiger partial charge in [-0.1, -0.05) is 35.3 Å². The molecule has 0 aromatic heterocycles. The van der Waals surface area contributed by atoms with Crippen molar-refractivity contribution < 1.29 is 19.8 Å². The number of aliphatic hydroxyl groups excluding tert-OH is 2. The maximum absolute atomic E-state index is 13.0. The van der Waals surface area contributed by atoms with Crippen LogP contribution in [0.1, 0.15) is 15.9 Å². The summed E-state index contributed by atoms with van der Waals surface area (Å²) in [6.45, 7) is 0.237. The van der Waals surface area contributed by atoms with Gasteiger partial charge in [0.25, 0.3) is 0 Å². The average Bonchev–Trinajstić information content (AvgIpc) is 2.67. The van der Waals surface area contributed by atoms with E-state index in [0.717, 1.165) is 0 Å². The first kappa shape index (κ1) is 25.4. The number of ketones is 1. The molecule has 9 heteroatoms. The number of halogens is 3. The highest BCUT2D eigenvalue weighted by atomic mass is 35.5. The zero-order valence-corrected chi connectivity index (χ0v) is 18.2. The van der Waals surface area contributed by atoms with Crippen LogP contribution in [0, 0.1) is 0 Å². The molecule has 0 radical (unpaired) electrons. The summed E-state index contributed by atoms with van der Waals surface area (Å²) in [5.74, 6) is -0.636. The molecule has 2 N–H and O–H groups in total. The topological polar surface area (TPSA) is 81.1 Å². The van der Waals surface area contributed by atoms with Crippen molar-refractivity contribution in [2.75, 3.05) is 44.8 Å². The van der Waals surface area contributed by atoms with Crippen molar-refractivity contribution in [3.8, 4) is 0 Å². The molecule has 0 saturated heterocycles. The van der Waals surface area contributed by atoms with Crippen molar-refractivity contribution in [2.45, 2.75) is 0 Å². The average molecular weight is 462 g/mol. The minimum atomic E-state index is -0.342. The lowest BCUT2D eigenvalue weighted by Crippen LogP contribution is -2.41. The van der Waals surface area contributed by atoms with Crippen LogP contribution in [0.15, 0.2) is 42.5 Å². The summed E-state index contributed by atoms with van der Waals surface area (Å²) >= 11 is 12.2. The predicted octanol–water partition coefficient (Wildman–Crippen LogP) is 2.90. The highest BCUT2D eigenvalue weighted by Gasteiger charge is 2.22. The number of aliphatic hydroxyl groups is 2. The first-order valence-electron chi connectivity index (χ1n) is 8.68. The van der Waals surface area contributed by atoms with E-state index in [1.807, 2.05) is 0 Å². The van der Waals surface area contributed by atoms with Crippen LogP contribution in [0.4, 0.5) is 5.69 Å². The maximum atomic E-state index is 13.0. The normalized spacial score (nSPS) is 10.6. The van der Waals surface area contributed by atoms with Crippen LogP contribution in [-0.2, 0) is 4.79 Å². The number of hydrogen-bond acceptors (Lipinski definition) is 5. The molecule has 2 aromatic rings. The fourth-order valence-corrected chi connectivity index (χ4v) is 3.15. The molecule has 0 heterocycles. The first-order valence-corrected chi connectivity index (χ1v) is 9.44. The quantitative estimate of drug-likeness (QED) is 0.561. The molecular formula is C20H23Cl3N2O4. The molecule has 6 nitrogen and oxygen atoms in total. The zero-order chi connectivity index (χ0) is 20.7. The van der Waals surface area contributed by atoms with E-state index in [1.54, 1.807) is 48.3 Å².